The Morgan fingerprint density at radius 2 is 0.958 bits per heavy atom. The Labute approximate surface area is 301 Å². The molecule has 2 saturated heterocycles. The highest BCUT2D eigenvalue weighted by Gasteiger charge is 2.34. The molecule has 2 aliphatic rings. The molecule has 0 radical (unpaired) electrons. The number of hydrogen-bond donors (Lipinski definition) is 0. The van der Waals surface area contributed by atoms with Crippen LogP contribution in [0.3, 0.4) is 0 Å². The van der Waals surface area contributed by atoms with Crippen molar-refractivity contribution in [2.45, 2.75) is 48.3 Å². The van der Waals surface area contributed by atoms with Crippen LogP contribution in [0.4, 0.5) is 0 Å². The molecule has 0 atom stereocenters. The standard InChI is InChI=1S/C30H38Cl4N4O8S2/c1-35(13-15-37-9-5-3-6-10-37)47(41,42)25-19-21(31)17-23(33)27(25)45-29(39)30(40)46-28-24(34)18-22(32)20-26(28)48(43,44)36(2)14-16-38-11-7-4-8-12-38/h17-20H,3-16H2,1-2H3. The Balaban J connectivity index is 1.54. The van der Waals surface area contributed by atoms with Gasteiger partial charge in [0.25, 0.3) is 0 Å². The van der Waals surface area contributed by atoms with Crippen molar-refractivity contribution in [1.29, 1.82) is 0 Å². The molecule has 2 fully saturated rings. The fourth-order valence-corrected chi connectivity index (χ4v) is 9.37. The molecule has 2 aliphatic heterocycles. The number of sulfonamides is 2. The lowest BCUT2D eigenvalue weighted by Crippen LogP contribution is -2.39. The van der Waals surface area contributed by atoms with Gasteiger partial charge in [0.1, 0.15) is 9.79 Å². The highest BCUT2D eigenvalue weighted by Crippen LogP contribution is 2.39. The number of hydrogen-bond acceptors (Lipinski definition) is 10. The topological polar surface area (TPSA) is 134 Å². The summed E-state index contributed by atoms with van der Waals surface area (Å²) in [7, 11) is -5.92. The number of carbonyl (C=O) groups is 2. The van der Waals surface area contributed by atoms with Crippen molar-refractivity contribution in [3.63, 3.8) is 0 Å². The van der Waals surface area contributed by atoms with Crippen molar-refractivity contribution in [2.75, 3.05) is 66.5 Å². The third-order valence-corrected chi connectivity index (χ3v) is 13.0. The lowest BCUT2D eigenvalue weighted by molar-refractivity contribution is -0.156. The van der Waals surface area contributed by atoms with Crippen molar-refractivity contribution in [3.05, 3.63) is 44.4 Å². The van der Waals surface area contributed by atoms with Crippen LogP contribution in [0.5, 0.6) is 11.5 Å². The molecule has 2 aromatic rings. The number of halogens is 4. The monoisotopic (exact) mass is 786 g/mol. The molecule has 0 spiro atoms. The van der Waals surface area contributed by atoms with Gasteiger partial charge in [-0.1, -0.05) is 59.2 Å². The molecule has 2 aromatic carbocycles. The molecule has 0 bridgehead atoms. The van der Waals surface area contributed by atoms with Crippen LogP contribution in [-0.4, -0.2) is 114 Å². The molecule has 0 amide bonds. The number of likely N-dealkylation sites (tertiary alicyclic amines) is 2. The van der Waals surface area contributed by atoms with Gasteiger partial charge >= 0.3 is 11.9 Å². The number of esters is 2. The number of piperidine rings is 2. The van der Waals surface area contributed by atoms with E-state index < -0.39 is 53.3 Å². The van der Waals surface area contributed by atoms with Crippen LogP contribution < -0.4 is 9.47 Å². The molecule has 12 nitrogen and oxygen atoms in total. The Hall–Kier alpha value is -1.72. The van der Waals surface area contributed by atoms with E-state index in [0.29, 0.717) is 13.1 Å². The van der Waals surface area contributed by atoms with Crippen molar-refractivity contribution >= 4 is 78.4 Å². The highest BCUT2D eigenvalue weighted by atomic mass is 35.5. The van der Waals surface area contributed by atoms with Gasteiger partial charge in [0.2, 0.25) is 20.0 Å². The molecular formula is C30H38Cl4N4O8S2. The first-order chi connectivity index (χ1) is 22.6. The fourth-order valence-electron chi connectivity index (χ4n) is 5.43. The largest absolute Gasteiger partial charge is 0.423 e. The van der Waals surface area contributed by atoms with Crippen LogP contribution in [0.2, 0.25) is 20.1 Å². The second-order valence-electron chi connectivity index (χ2n) is 11.7. The first kappa shape index (κ1) is 39.1. The van der Waals surface area contributed by atoms with Gasteiger partial charge in [-0.15, -0.1) is 0 Å². The summed E-state index contributed by atoms with van der Waals surface area (Å²) in [5, 5.41) is -0.847. The lowest BCUT2D eigenvalue weighted by Gasteiger charge is -2.28. The molecule has 0 aliphatic carbocycles. The van der Waals surface area contributed by atoms with Gasteiger partial charge in [-0.25, -0.2) is 26.4 Å². The van der Waals surface area contributed by atoms with Crippen molar-refractivity contribution in [2.24, 2.45) is 0 Å². The molecule has 0 aromatic heterocycles. The molecule has 2 heterocycles. The highest BCUT2D eigenvalue weighted by molar-refractivity contribution is 7.89. The average Bonchev–Trinajstić information content (AvgIpc) is 3.05. The first-order valence-corrected chi connectivity index (χ1v) is 19.8. The van der Waals surface area contributed by atoms with E-state index in [4.69, 9.17) is 55.9 Å². The third-order valence-electron chi connectivity index (χ3n) is 8.24. The summed E-state index contributed by atoms with van der Waals surface area (Å²) in [6.07, 6.45) is 6.36. The predicted octanol–water partition coefficient (Wildman–Crippen LogP) is 5.02. The van der Waals surface area contributed by atoms with Crippen molar-refractivity contribution < 1.29 is 35.9 Å². The fraction of sp³-hybridized carbons (Fsp3) is 0.533. The zero-order valence-corrected chi connectivity index (χ0v) is 31.2. The summed E-state index contributed by atoms with van der Waals surface area (Å²) in [6, 6.07) is 4.39. The SMILES string of the molecule is CN(CCN1CCCCC1)S(=O)(=O)c1cc(Cl)cc(Cl)c1OC(=O)C(=O)Oc1c(Cl)cc(Cl)cc1S(=O)(=O)N(C)CCN1CCCCC1. The maximum atomic E-state index is 13.6. The van der Waals surface area contributed by atoms with Crippen LogP contribution in [-0.2, 0) is 29.6 Å². The molecule has 48 heavy (non-hydrogen) atoms. The molecule has 4 rings (SSSR count). The minimum atomic E-state index is -4.32. The molecule has 18 heteroatoms. The number of benzene rings is 2. The Kier molecular flexibility index (Phi) is 13.8. The summed E-state index contributed by atoms with van der Waals surface area (Å²) < 4.78 is 66.9. The molecule has 0 N–H and O–H groups in total. The van der Waals surface area contributed by atoms with Gasteiger partial charge in [-0.05, 0) is 76.1 Å². The number of ether oxygens (including phenoxy) is 2. The second-order valence-corrected chi connectivity index (χ2v) is 17.4. The van der Waals surface area contributed by atoms with E-state index in [1.54, 1.807) is 0 Å². The predicted molar refractivity (Wildman–Crippen MR) is 184 cm³/mol. The number of rotatable bonds is 12. The Morgan fingerprint density at radius 3 is 1.29 bits per heavy atom. The first-order valence-electron chi connectivity index (χ1n) is 15.4. The second kappa shape index (κ2) is 17.0. The van der Waals surface area contributed by atoms with Gasteiger partial charge in [-0.3, -0.25) is 0 Å². The number of likely N-dealkylation sites (N-methyl/N-ethyl adjacent to an activating group) is 2. The zero-order valence-electron chi connectivity index (χ0n) is 26.6. The summed E-state index contributed by atoms with van der Waals surface area (Å²) in [4.78, 5) is 29.3. The van der Waals surface area contributed by atoms with Gasteiger partial charge < -0.3 is 19.3 Å². The van der Waals surface area contributed by atoms with Crippen LogP contribution in [0.25, 0.3) is 0 Å². The average molecular weight is 789 g/mol. The smallest absolute Gasteiger partial charge is 0.415 e. The molecule has 0 unspecified atom stereocenters. The minimum absolute atomic E-state index is 0.0578. The number of carbonyl (C=O) groups excluding carboxylic acids is 2. The molecular weight excluding hydrogens is 750 g/mol. The van der Waals surface area contributed by atoms with E-state index in [1.165, 1.54) is 14.1 Å². The normalized spacial score (nSPS) is 16.8. The quantitative estimate of drug-likeness (QED) is 0.164. The van der Waals surface area contributed by atoms with E-state index in [9.17, 15) is 26.4 Å². The van der Waals surface area contributed by atoms with Crippen molar-refractivity contribution in [3.8, 4) is 11.5 Å². The summed E-state index contributed by atoms with van der Waals surface area (Å²) in [6.45, 7) is 4.64. The molecule has 266 valence electrons. The lowest BCUT2D eigenvalue weighted by atomic mass is 10.1. The summed E-state index contributed by atoms with van der Waals surface area (Å²) in [5.41, 5.74) is 0. The minimum Gasteiger partial charge on any atom is -0.415 e. The van der Waals surface area contributed by atoms with Crippen molar-refractivity contribution in [1.82, 2.24) is 18.4 Å². The third kappa shape index (κ3) is 9.74. The van der Waals surface area contributed by atoms with E-state index >= 15 is 0 Å². The molecule has 0 saturated carbocycles. The van der Waals surface area contributed by atoms with Crippen LogP contribution >= 0.6 is 46.4 Å². The maximum absolute atomic E-state index is 13.6. The van der Waals surface area contributed by atoms with Crippen LogP contribution in [0.1, 0.15) is 38.5 Å². The van der Waals surface area contributed by atoms with Gasteiger partial charge in [0, 0.05) is 50.3 Å². The Morgan fingerprint density at radius 1 is 0.625 bits per heavy atom. The van der Waals surface area contributed by atoms with Gasteiger partial charge in [0.05, 0.1) is 10.0 Å². The van der Waals surface area contributed by atoms with Crippen LogP contribution in [0.15, 0.2) is 34.1 Å². The zero-order chi connectivity index (χ0) is 35.2. The van der Waals surface area contributed by atoms with E-state index in [0.717, 1.165) is 97.6 Å². The van der Waals surface area contributed by atoms with Gasteiger partial charge in [-0.2, -0.15) is 8.61 Å². The van der Waals surface area contributed by atoms with E-state index in [-0.39, 0.29) is 33.2 Å². The summed E-state index contributed by atoms with van der Waals surface area (Å²) in [5.74, 6) is -4.69. The van der Waals surface area contributed by atoms with E-state index in [2.05, 4.69) is 9.80 Å². The number of nitrogens with zero attached hydrogens (tertiary/aromatic N) is 4. The Bertz CT molecular complexity index is 1590. The van der Waals surface area contributed by atoms with Crippen LogP contribution in [0, 0.1) is 0 Å². The van der Waals surface area contributed by atoms with Gasteiger partial charge in [0.15, 0.2) is 11.5 Å². The maximum Gasteiger partial charge on any atom is 0.423 e. The van der Waals surface area contributed by atoms with E-state index in [1.807, 2.05) is 0 Å². The summed E-state index contributed by atoms with van der Waals surface area (Å²) >= 11 is 24.8.